The molecule has 0 saturated heterocycles. The summed E-state index contributed by atoms with van der Waals surface area (Å²) in [6.45, 7) is 2.82. The van der Waals surface area contributed by atoms with Crippen molar-refractivity contribution in [2.24, 2.45) is 0 Å². The second-order valence-electron chi connectivity index (χ2n) is 5.41. The number of aryl methyl sites for hydroxylation is 1. The molecule has 1 aromatic carbocycles. The summed E-state index contributed by atoms with van der Waals surface area (Å²) >= 11 is 1.65. The zero-order valence-corrected chi connectivity index (χ0v) is 14.0. The van der Waals surface area contributed by atoms with Gasteiger partial charge in [-0.1, -0.05) is 0 Å². The third-order valence-electron chi connectivity index (χ3n) is 4.00. The lowest BCUT2D eigenvalue weighted by Gasteiger charge is -2.09. The first-order chi connectivity index (χ1) is 11.8. The van der Waals surface area contributed by atoms with Gasteiger partial charge in [0.15, 0.2) is 0 Å². The van der Waals surface area contributed by atoms with Crippen molar-refractivity contribution in [1.29, 1.82) is 0 Å². The van der Waals surface area contributed by atoms with E-state index in [-0.39, 0.29) is 5.91 Å². The van der Waals surface area contributed by atoms with E-state index < -0.39 is 0 Å². The molecule has 0 saturated carbocycles. The number of aromatic nitrogens is 3. The first-order valence-corrected chi connectivity index (χ1v) is 8.60. The van der Waals surface area contributed by atoms with Crippen LogP contribution in [0.3, 0.4) is 0 Å². The number of thiophene rings is 1. The molecule has 0 atom stereocenters. The van der Waals surface area contributed by atoms with E-state index in [4.69, 9.17) is 0 Å². The Labute approximate surface area is 143 Å². The summed E-state index contributed by atoms with van der Waals surface area (Å²) in [5.74, 6) is -0.0874. The van der Waals surface area contributed by atoms with Crippen LogP contribution in [-0.2, 0) is 6.54 Å². The highest BCUT2D eigenvalue weighted by molar-refractivity contribution is 7.17. The van der Waals surface area contributed by atoms with Crippen LogP contribution in [0.5, 0.6) is 0 Å². The quantitative estimate of drug-likeness (QED) is 0.608. The Balaban J connectivity index is 1.58. The number of nitrogens with one attached hydrogen (secondary N) is 1. The van der Waals surface area contributed by atoms with Crippen molar-refractivity contribution in [3.05, 3.63) is 66.2 Å². The third-order valence-corrected chi connectivity index (χ3v) is 4.85. The molecule has 3 aromatic heterocycles. The molecular formula is C18H16N4OS. The fourth-order valence-corrected chi connectivity index (χ4v) is 3.65. The summed E-state index contributed by atoms with van der Waals surface area (Å²) in [5.41, 5.74) is 3.58. The molecule has 0 spiro atoms. The number of rotatable bonds is 4. The van der Waals surface area contributed by atoms with E-state index in [0.717, 1.165) is 28.1 Å². The van der Waals surface area contributed by atoms with Gasteiger partial charge in [0.05, 0.1) is 16.5 Å². The minimum atomic E-state index is -0.0874. The van der Waals surface area contributed by atoms with Crippen LogP contribution < -0.4 is 5.32 Å². The maximum Gasteiger partial charge on any atom is 0.272 e. The van der Waals surface area contributed by atoms with Crippen LogP contribution in [-0.4, -0.2) is 20.0 Å². The van der Waals surface area contributed by atoms with Crippen LogP contribution in [0.25, 0.3) is 15.9 Å². The van der Waals surface area contributed by atoms with Crippen molar-refractivity contribution < 1.29 is 4.79 Å². The topological polar surface area (TPSA) is 51.9 Å². The Hall–Kier alpha value is -2.86. The van der Waals surface area contributed by atoms with Crippen molar-refractivity contribution in [3.8, 4) is 5.69 Å². The number of carbonyl (C=O) groups excluding carboxylic acids is 1. The minimum Gasteiger partial charge on any atom is -0.336 e. The molecular weight excluding hydrogens is 320 g/mol. The van der Waals surface area contributed by atoms with Crippen molar-refractivity contribution in [2.75, 3.05) is 5.32 Å². The Morgan fingerprint density at radius 2 is 2.08 bits per heavy atom. The number of hydrogen-bond acceptors (Lipinski definition) is 3. The van der Waals surface area contributed by atoms with Crippen LogP contribution in [0.1, 0.15) is 17.4 Å². The summed E-state index contributed by atoms with van der Waals surface area (Å²) in [6, 6.07) is 11.7. The lowest BCUT2D eigenvalue weighted by molar-refractivity contribution is 0.101. The SMILES string of the molecule is CCn1c(C(=O)Nc2ccc(-n3ccnc3)cc2)cc2sccc21. The Bertz CT molecular complexity index is 980. The summed E-state index contributed by atoms with van der Waals surface area (Å²) < 4.78 is 5.10. The van der Waals surface area contributed by atoms with Gasteiger partial charge in [-0.05, 0) is 48.7 Å². The molecule has 0 bridgehead atoms. The van der Waals surface area contributed by atoms with Gasteiger partial charge < -0.3 is 14.5 Å². The lowest BCUT2D eigenvalue weighted by Crippen LogP contribution is -2.16. The molecule has 0 aliphatic heterocycles. The van der Waals surface area contributed by atoms with Gasteiger partial charge in [0.25, 0.3) is 5.91 Å². The fourth-order valence-electron chi connectivity index (χ4n) is 2.83. The van der Waals surface area contributed by atoms with Gasteiger partial charge in [-0.2, -0.15) is 0 Å². The Morgan fingerprint density at radius 3 is 2.79 bits per heavy atom. The van der Waals surface area contributed by atoms with E-state index in [2.05, 4.69) is 16.4 Å². The molecule has 0 aliphatic carbocycles. The maximum absolute atomic E-state index is 12.6. The summed E-state index contributed by atoms with van der Waals surface area (Å²) in [4.78, 5) is 16.7. The highest BCUT2D eigenvalue weighted by Gasteiger charge is 2.15. The number of benzene rings is 1. The average Bonchev–Trinajstić information content (AvgIpc) is 3.32. The largest absolute Gasteiger partial charge is 0.336 e. The van der Waals surface area contributed by atoms with Crippen LogP contribution in [0.4, 0.5) is 5.69 Å². The number of nitrogens with zero attached hydrogens (tertiary/aromatic N) is 3. The second kappa shape index (κ2) is 5.98. The van der Waals surface area contributed by atoms with E-state index in [0.29, 0.717) is 5.69 Å². The number of fused-ring (bicyclic) bond motifs is 1. The highest BCUT2D eigenvalue weighted by Crippen LogP contribution is 2.26. The molecule has 24 heavy (non-hydrogen) atoms. The Kier molecular flexibility index (Phi) is 3.66. The van der Waals surface area contributed by atoms with Crippen molar-refractivity contribution in [1.82, 2.24) is 14.1 Å². The molecule has 4 rings (SSSR count). The van der Waals surface area contributed by atoms with E-state index in [1.807, 2.05) is 58.0 Å². The lowest BCUT2D eigenvalue weighted by atomic mass is 10.2. The molecule has 1 amide bonds. The summed E-state index contributed by atoms with van der Waals surface area (Å²) in [7, 11) is 0. The van der Waals surface area contributed by atoms with Crippen LogP contribution in [0, 0.1) is 0 Å². The predicted octanol–water partition coefficient (Wildman–Crippen LogP) is 4.16. The molecule has 1 N–H and O–H groups in total. The number of amides is 1. The molecule has 0 fully saturated rings. The zero-order valence-electron chi connectivity index (χ0n) is 13.1. The van der Waals surface area contributed by atoms with Gasteiger partial charge in [-0.25, -0.2) is 4.98 Å². The van der Waals surface area contributed by atoms with Gasteiger partial charge >= 0.3 is 0 Å². The van der Waals surface area contributed by atoms with Crippen LogP contribution >= 0.6 is 11.3 Å². The number of carbonyl (C=O) groups is 1. The highest BCUT2D eigenvalue weighted by atomic mass is 32.1. The minimum absolute atomic E-state index is 0.0874. The van der Waals surface area contributed by atoms with E-state index in [9.17, 15) is 4.79 Å². The number of anilines is 1. The average molecular weight is 336 g/mol. The summed E-state index contributed by atoms with van der Waals surface area (Å²) in [6.07, 6.45) is 5.36. The van der Waals surface area contributed by atoms with Crippen LogP contribution in [0.2, 0.25) is 0 Å². The van der Waals surface area contributed by atoms with Gasteiger partial charge in [-0.3, -0.25) is 4.79 Å². The zero-order chi connectivity index (χ0) is 16.5. The second-order valence-corrected chi connectivity index (χ2v) is 6.36. The molecule has 0 unspecified atom stereocenters. The molecule has 0 aliphatic rings. The third kappa shape index (κ3) is 2.51. The molecule has 6 heteroatoms. The first kappa shape index (κ1) is 14.7. The number of imidazole rings is 1. The molecule has 5 nitrogen and oxygen atoms in total. The molecule has 4 aromatic rings. The normalized spacial score (nSPS) is 11.0. The van der Waals surface area contributed by atoms with Gasteiger partial charge in [0, 0.05) is 30.3 Å². The first-order valence-electron chi connectivity index (χ1n) is 7.72. The molecule has 120 valence electrons. The van der Waals surface area contributed by atoms with E-state index in [1.165, 1.54) is 0 Å². The van der Waals surface area contributed by atoms with Gasteiger partial charge in [0.1, 0.15) is 5.69 Å². The molecule has 0 radical (unpaired) electrons. The maximum atomic E-state index is 12.6. The van der Waals surface area contributed by atoms with Crippen molar-refractivity contribution in [3.63, 3.8) is 0 Å². The van der Waals surface area contributed by atoms with Crippen molar-refractivity contribution in [2.45, 2.75) is 13.5 Å². The van der Waals surface area contributed by atoms with Crippen LogP contribution in [0.15, 0.2) is 60.5 Å². The number of hydrogen-bond donors (Lipinski definition) is 1. The van der Waals surface area contributed by atoms with Gasteiger partial charge in [-0.15, -0.1) is 11.3 Å². The Morgan fingerprint density at radius 1 is 1.25 bits per heavy atom. The summed E-state index contributed by atoms with van der Waals surface area (Å²) in [5, 5.41) is 5.03. The molecule has 3 heterocycles. The van der Waals surface area contributed by atoms with Crippen molar-refractivity contribution >= 4 is 33.1 Å². The fraction of sp³-hybridized carbons (Fsp3) is 0.111. The van der Waals surface area contributed by atoms with E-state index >= 15 is 0 Å². The van der Waals surface area contributed by atoms with Gasteiger partial charge in [0.2, 0.25) is 0 Å². The predicted molar refractivity (Wildman–Crippen MR) is 97.0 cm³/mol. The monoisotopic (exact) mass is 336 g/mol. The smallest absolute Gasteiger partial charge is 0.272 e. The standard InChI is InChI=1S/C18H16N4OS/c1-2-22-15-7-10-24-17(15)11-16(22)18(23)20-13-3-5-14(6-4-13)21-9-8-19-12-21/h3-12H,2H2,1H3,(H,20,23). The van der Waals surface area contributed by atoms with E-state index in [1.54, 1.807) is 23.9 Å².